The van der Waals surface area contributed by atoms with Crippen LogP contribution in [0.3, 0.4) is 0 Å². The zero-order valence-electron chi connectivity index (χ0n) is 15.8. The topological polar surface area (TPSA) is 79.6 Å². The summed E-state index contributed by atoms with van der Waals surface area (Å²) >= 11 is 0. The van der Waals surface area contributed by atoms with E-state index in [0.717, 1.165) is 5.56 Å². The van der Waals surface area contributed by atoms with Crippen molar-refractivity contribution in [3.63, 3.8) is 0 Å². The lowest BCUT2D eigenvalue weighted by atomic mass is 10.2. The van der Waals surface area contributed by atoms with Crippen LogP contribution in [0, 0.1) is 6.92 Å². The van der Waals surface area contributed by atoms with Crippen molar-refractivity contribution in [2.24, 2.45) is 0 Å². The summed E-state index contributed by atoms with van der Waals surface area (Å²) in [6, 6.07) is 16.8. The van der Waals surface area contributed by atoms with E-state index in [1.54, 1.807) is 25.1 Å². The predicted molar refractivity (Wildman–Crippen MR) is 108 cm³/mol. The molecule has 1 heterocycles. The van der Waals surface area contributed by atoms with E-state index in [1.165, 1.54) is 34.8 Å². The van der Waals surface area contributed by atoms with E-state index in [0.29, 0.717) is 23.6 Å². The minimum atomic E-state index is -3.72. The van der Waals surface area contributed by atoms with Crippen LogP contribution in [0.5, 0.6) is 0 Å². The van der Waals surface area contributed by atoms with Crippen LogP contribution < -0.4 is 9.62 Å². The van der Waals surface area contributed by atoms with Crippen molar-refractivity contribution in [1.29, 1.82) is 0 Å². The van der Waals surface area contributed by atoms with E-state index in [9.17, 15) is 13.2 Å². The first-order chi connectivity index (χ1) is 13.4. The lowest BCUT2D eigenvalue weighted by Gasteiger charge is -2.23. The van der Waals surface area contributed by atoms with Gasteiger partial charge in [-0.1, -0.05) is 12.1 Å². The normalized spacial score (nSPS) is 11.2. The molecule has 0 saturated heterocycles. The Morgan fingerprint density at radius 3 is 2.43 bits per heavy atom. The Bertz CT molecular complexity index is 1040. The van der Waals surface area contributed by atoms with Crippen LogP contribution in [0.4, 0.5) is 5.69 Å². The van der Waals surface area contributed by atoms with Gasteiger partial charge in [0.2, 0.25) is 0 Å². The number of amides is 1. The monoisotopic (exact) mass is 398 g/mol. The molecule has 0 saturated carbocycles. The Labute approximate surface area is 164 Å². The van der Waals surface area contributed by atoms with Gasteiger partial charge in [-0.25, -0.2) is 8.42 Å². The number of carbonyl (C=O) groups is 1. The van der Waals surface area contributed by atoms with E-state index in [2.05, 4.69) is 5.32 Å². The molecule has 1 amide bonds. The highest BCUT2D eigenvalue weighted by Gasteiger charge is 2.24. The van der Waals surface area contributed by atoms with Crippen LogP contribution in [0.1, 0.15) is 28.6 Å². The largest absolute Gasteiger partial charge is 0.467 e. The Balaban J connectivity index is 1.78. The van der Waals surface area contributed by atoms with E-state index >= 15 is 0 Å². The third kappa shape index (κ3) is 4.26. The average Bonchev–Trinajstić information content (AvgIpc) is 3.20. The van der Waals surface area contributed by atoms with Crippen molar-refractivity contribution in [2.45, 2.75) is 25.3 Å². The van der Waals surface area contributed by atoms with Gasteiger partial charge >= 0.3 is 0 Å². The van der Waals surface area contributed by atoms with Gasteiger partial charge in [0.15, 0.2) is 0 Å². The maximum atomic E-state index is 13.1. The van der Waals surface area contributed by atoms with Crippen molar-refractivity contribution in [3.8, 4) is 0 Å². The lowest BCUT2D eigenvalue weighted by molar-refractivity contribution is 0.0948. The molecule has 0 fully saturated rings. The Kier molecular flexibility index (Phi) is 5.84. The van der Waals surface area contributed by atoms with Gasteiger partial charge in [0.25, 0.3) is 15.9 Å². The van der Waals surface area contributed by atoms with Crippen molar-refractivity contribution in [3.05, 3.63) is 83.8 Å². The number of sulfonamides is 1. The molecule has 1 N–H and O–H groups in total. The first kappa shape index (κ1) is 19.7. The number of aryl methyl sites for hydroxylation is 1. The summed E-state index contributed by atoms with van der Waals surface area (Å²) in [4.78, 5) is 12.4. The molecule has 3 aromatic rings. The highest BCUT2D eigenvalue weighted by Crippen LogP contribution is 2.24. The molecule has 146 valence electrons. The molecular formula is C21H22N2O4S. The molecule has 0 aliphatic carbocycles. The number of nitrogens with one attached hydrogen (secondary N) is 1. The number of hydrogen-bond donors (Lipinski definition) is 1. The van der Waals surface area contributed by atoms with Crippen molar-refractivity contribution in [1.82, 2.24) is 5.32 Å². The molecule has 1 aromatic heterocycles. The van der Waals surface area contributed by atoms with Gasteiger partial charge in [-0.05, 0) is 67.9 Å². The van der Waals surface area contributed by atoms with E-state index in [4.69, 9.17) is 4.42 Å². The van der Waals surface area contributed by atoms with Gasteiger partial charge in [-0.2, -0.15) is 0 Å². The fourth-order valence-electron chi connectivity index (χ4n) is 2.86. The maximum Gasteiger partial charge on any atom is 0.264 e. The van der Waals surface area contributed by atoms with Crippen LogP contribution in [0.2, 0.25) is 0 Å². The number of anilines is 1. The molecular weight excluding hydrogens is 376 g/mol. The molecule has 0 aliphatic heterocycles. The third-order valence-corrected chi connectivity index (χ3v) is 6.20. The highest BCUT2D eigenvalue weighted by molar-refractivity contribution is 7.92. The summed E-state index contributed by atoms with van der Waals surface area (Å²) in [5, 5.41) is 2.73. The molecule has 6 nitrogen and oxygen atoms in total. The molecule has 2 aromatic carbocycles. The molecule has 28 heavy (non-hydrogen) atoms. The first-order valence-electron chi connectivity index (χ1n) is 8.92. The Morgan fingerprint density at radius 1 is 1.07 bits per heavy atom. The number of hydrogen-bond acceptors (Lipinski definition) is 4. The second-order valence-corrected chi connectivity index (χ2v) is 8.16. The van der Waals surface area contributed by atoms with Crippen LogP contribution in [0.15, 0.2) is 76.2 Å². The number of furan rings is 1. The molecule has 0 unspecified atom stereocenters. The predicted octanol–water partition coefficient (Wildman–Crippen LogP) is 3.73. The molecule has 0 radical (unpaired) electrons. The van der Waals surface area contributed by atoms with Crippen LogP contribution in [0.25, 0.3) is 0 Å². The minimum Gasteiger partial charge on any atom is -0.467 e. The Morgan fingerprint density at radius 2 is 1.82 bits per heavy atom. The summed E-state index contributed by atoms with van der Waals surface area (Å²) in [5.74, 6) is 0.343. The highest BCUT2D eigenvalue weighted by atomic mass is 32.2. The van der Waals surface area contributed by atoms with Crippen LogP contribution in [-0.2, 0) is 16.6 Å². The molecule has 3 rings (SSSR count). The van der Waals surface area contributed by atoms with Crippen LogP contribution in [-0.4, -0.2) is 20.9 Å². The maximum absolute atomic E-state index is 13.1. The number of carbonyl (C=O) groups excluding carboxylic acids is 1. The molecule has 0 aliphatic rings. The van der Waals surface area contributed by atoms with E-state index in [-0.39, 0.29) is 17.3 Å². The van der Waals surface area contributed by atoms with Crippen molar-refractivity contribution >= 4 is 21.6 Å². The third-order valence-electron chi connectivity index (χ3n) is 4.28. The standard InChI is InChI=1S/C21H22N2O4S/c1-3-23(18-7-4-6-16(2)14-18)28(25,26)20-11-9-17(10-12-20)21(24)22-15-19-8-5-13-27-19/h4-14H,3,15H2,1-2H3,(H,22,24). The fraction of sp³-hybridized carbons (Fsp3) is 0.190. The Hall–Kier alpha value is -3.06. The van der Waals surface area contributed by atoms with Gasteiger partial charge in [0, 0.05) is 12.1 Å². The SMILES string of the molecule is CCN(c1cccc(C)c1)S(=O)(=O)c1ccc(C(=O)NCc2ccco2)cc1. The molecule has 0 atom stereocenters. The summed E-state index contributed by atoms with van der Waals surface area (Å²) in [5.41, 5.74) is 1.97. The summed E-state index contributed by atoms with van der Waals surface area (Å²) in [6.07, 6.45) is 1.54. The summed E-state index contributed by atoms with van der Waals surface area (Å²) in [7, 11) is -3.72. The zero-order valence-corrected chi connectivity index (χ0v) is 16.6. The van der Waals surface area contributed by atoms with Gasteiger partial charge in [-0.3, -0.25) is 9.10 Å². The smallest absolute Gasteiger partial charge is 0.264 e. The van der Waals surface area contributed by atoms with Crippen LogP contribution >= 0.6 is 0 Å². The minimum absolute atomic E-state index is 0.137. The van der Waals surface area contributed by atoms with E-state index < -0.39 is 10.0 Å². The van der Waals surface area contributed by atoms with Gasteiger partial charge in [0.05, 0.1) is 23.4 Å². The number of rotatable bonds is 7. The average molecular weight is 398 g/mol. The quantitative estimate of drug-likeness (QED) is 0.658. The molecule has 0 spiro atoms. The van der Waals surface area contributed by atoms with Crippen molar-refractivity contribution in [2.75, 3.05) is 10.8 Å². The number of nitrogens with zero attached hydrogens (tertiary/aromatic N) is 1. The molecule has 7 heteroatoms. The fourth-order valence-corrected chi connectivity index (χ4v) is 4.33. The second-order valence-electron chi connectivity index (χ2n) is 6.30. The molecule has 0 bridgehead atoms. The lowest BCUT2D eigenvalue weighted by Crippen LogP contribution is -2.31. The van der Waals surface area contributed by atoms with Crippen molar-refractivity contribution < 1.29 is 17.6 Å². The van der Waals surface area contributed by atoms with Gasteiger partial charge < -0.3 is 9.73 Å². The summed E-state index contributed by atoms with van der Waals surface area (Å²) < 4.78 is 32.6. The first-order valence-corrected chi connectivity index (χ1v) is 10.4. The summed E-state index contributed by atoms with van der Waals surface area (Å²) in [6.45, 7) is 4.27. The zero-order chi connectivity index (χ0) is 20.1. The van der Waals surface area contributed by atoms with Gasteiger partial charge in [-0.15, -0.1) is 0 Å². The second kappa shape index (κ2) is 8.31. The van der Waals surface area contributed by atoms with E-state index in [1.807, 2.05) is 25.1 Å². The van der Waals surface area contributed by atoms with Gasteiger partial charge in [0.1, 0.15) is 5.76 Å². The number of benzene rings is 2.